The van der Waals surface area contributed by atoms with E-state index in [-0.39, 0.29) is 31.2 Å². The first-order chi connectivity index (χ1) is 13.9. The third-order valence-electron chi connectivity index (χ3n) is 3.40. The summed E-state index contributed by atoms with van der Waals surface area (Å²) in [6.07, 6.45) is -2.75. The van der Waals surface area contributed by atoms with Crippen molar-refractivity contribution in [2.75, 3.05) is 18.8 Å². The zero-order valence-corrected chi connectivity index (χ0v) is 17.1. The van der Waals surface area contributed by atoms with Gasteiger partial charge in [-0.05, 0) is 19.3 Å². The Balaban J connectivity index is 0.00000103. The molecule has 0 radical (unpaired) electrons. The predicted molar refractivity (Wildman–Crippen MR) is 96.0 cm³/mol. The van der Waals surface area contributed by atoms with E-state index in [1.807, 2.05) is 6.92 Å². The summed E-state index contributed by atoms with van der Waals surface area (Å²) >= 11 is 0. The monoisotopic (exact) mass is 465 g/mol. The van der Waals surface area contributed by atoms with Crippen molar-refractivity contribution < 1.29 is 50.8 Å². The van der Waals surface area contributed by atoms with E-state index in [2.05, 4.69) is 20.5 Å². The number of alkyl halides is 3. The van der Waals surface area contributed by atoms with Crippen LogP contribution in [0.2, 0.25) is 0 Å². The number of sulfonamides is 1. The van der Waals surface area contributed by atoms with Gasteiger partial charge >= 0.3 is 18.1 Å². The molecule has 1 atom stereocenters. The van der Waals surface area contributed by atoms with E-state index in [4.69, 9.17) is 14.7 Å². The molecule has 1 unspecified atom stereocenters. The summed E-state index contributed by atoms with van der Waals surface area (Å²) in [5, 5.41) is 7.12. The molecule has 0 bridgehead atoms. The Hall–Kier alpha value is -1.97. The third-order valence-corrected chi connectivity index (χ3v) is 4.87. The highest BCUT2D eigenvalue weighted by atomic mass is 32.2. The summed E-state index contributed by atoms with van der Waals surface area (Å²) < 4.78 is 57.2. The van der Waals surface area contributed by atoms with Gasteiger partial charge in [0.1, 0.15) is 0 Å². The Labute approximate surface area is 171 Å². The van der Waals surface area contributed by atoms with Gasteiger partial charge in [-0.1, -0.05) is 13.3 Å². The highest BCUT2D eigenvalue weighted by Gasteiger charge is 2.38. The molecular weight excluding hydrogens is 439 g/mol. The van der Waals surface area contributed by atoms with E-state index in [1.54, 1.807) is 0 Å². The molecule has 0 aromatic rings. The topological polar surface area (TPSA) is 160 Å². The van der Waals surface area contributed by atoms with Gasteiger partial charge in [0.15, 0.2) is 0 Å². The number of carboxylic acids is 1. The molecule has 30 heavy (non-hydrogen) atoms. The standard InChI is InChI=1S/C13H25N3O6S.C2HF3O2/c1-2-3-9-23(19,20)15-7-4-5-13(18)22-16-12(17)10-11-6-8-14-21-11;3-2(4,5)1(6)7/h11,14-15H,2-10H2,1H3,(H,16,17);(H,6,7). The SMILES string of the molecule is CCCCS(=O)(=O)NCCCC(=O)ONC(=O)CC1CCNO1.O=C(O)C(F)(F)F. The number of nitrogens with one attached hydrogen (secondary N) is 3. The molecule has 1 aliphatic rings. The fourth-order valence-corrected chi connectivity index (χ4v) is 3.15. The molecule has 1 rings (SSSR count). The zero-order chi connectivity index (χ0) is 23.2. The number of amides is 1. The number of carbonyl (C=O) groups excluding carboxylic acids is 2. The fraction of sp³-hybridized carbons (Fsp3) is 0.800. The van der Waals surface area contributed by atoms with Crippen LogP contribution in [-0.2, 0) is 34.1 Å². The van der Waals surface area contributed by atoms with Crippen LogP contribution in [0.4, 0.5) is 13.2 Å². The van der Waals surface area contributed by atoms with E-state index < -0.39 is 34.0 Å². The Bertz CT molecular complexity index is 652. The van der Waals surface area contributed by atoms with Gasteiger partial charge in [-0.15, -0.1) is 0 Å². The summed E-state index contributed by atoms with van der Waals surface area (Å²) in [5.74, 6) is -3.72. The van der Waals surface area contributed by atoms with Crippen LogP contribution in [0, 0.1) is 0 Å². The van der Waals surface area contributed by atoms with Crippen LogP contribution in [0.3, 0.4) is 0 Å². The minimum atomic E-state index is -5.08. The molecule has 1 saturated heterocycles. The fourth-order valence-electron chi connectivity index (χ4n) is 1.88. The van der Waals surface area contributed by atoms with E-state index >= 15 is 0 Å². The Morgan fingerprint density at radius 2 is 1.90 bits per heavy atom. The van der Waals surface area contributed by atoms with Gasteiger partial charge < -0.3 is 9.94 Å². The third kappa shape index (κ3) is 14.9. The quantitative estimate of drug-likeness (QED) is 0.264. The summed E-state index contributed by atoms with van der Waals surface area (Å²) in [5.41, 5.74) is 4.72. The first kappa shape index (κ1) is 28.0. The maximum absolute atomic E-state index is 11.5. The molecule has 1 amide bonds. The predicted octanol–water partition coefficient (Wildman–Crippen LogP) is 0.377. The lowest BCUT2D eigenvalue weighted by atomic mass is 10.2. The lowest BCUT2D eigenvalue weighted by Gasteiger charge is -2.09. The Morgan fingerprint density at radius 1 is 1.27 bits per heavy atom. The highest BCUT2D eigenvalue weighted by molar-refractivity contribution is 7.89. The minimum absolute atomic E-state index is 0.0120. The number of hydrogen-bond donors (Lipinski definition) is 4. The molecule has 1 aliphatic heterocycles. The average molecular weight is 465 g/mol. The Morgan fingerprint density at radius 3 is 2.40 bits per heavy atom. The molecule has 0 aliphatic carbocycles. The molecule has 1 heterocycles. The molecule has 4 N–H and O–H groups in total. The average Bonchev–Trinajstić information content (AvgIpc) is 3.14. The number of carbonyl (C=O) groups is 3. The normalized spacial score (nSPS) is 16.3. The van der Waals surface area contributed by atoms with Crippen LogP contribution in [0.1, 0.15) is 45.4 Å². The lowest BCUT2D eigenvalue weighted by Crippen LogP contribution is -2.31. The minimum Gasteiger partial charge on any atom is -0.475 e. The molecule has 1 fully saturated rings. The maximum Gasteiger partial charge on any atom is 0.490 e. The molecule has 176 valence electrons. The number of aliphatic carboxylic acids is 1. The molecule has 11 nitrogen and oxygen atoms in total. The van der Waals surface area contributed by atoms with Crippen LogP contribution in [-0.4, -0.2) is 62.5 Å². The van der Waals surface area contributed by atoms with Crippen LogP contribution >= 0.6 is 0 Å². The van der Waals surface area contributed by atoms with E-state index in [9.17, 15) is 31.2 Å². The van der Waals surface area contributed by atoms with Gasteiger partial charge in [0.05, 0.1) is 18.3 Å². The van der Waals surface area contributed by atoms with Crippen molar-refractivity contribution in [2.24, 2.45) is 0 Å². The van der Waals surface area contributed by atoms with Gasteiger partial charge in [0.25, 0.3) is 5.91 Å². The number of carboxylic acid groups (broad SMARTS) is 1. The van der Waals surface area contributed by atoms with Crippen molar-refractivity contribution in [2.45, 2.75) is 57.7 Å². The molecule has 0 aromatic heterocycles. The summed E-state index contributed by atoms with van der Waals surface area (Å²) in [7, 11) is -3.27. The number of hydrogen-bond acceptors (Lipinski definition) is 8. The molecule has 0 saturated carbocycles. The number of rotatable bonds is 10. The lowest BCUT2D eigenvalue weighted by molar-refractivity contribution is -0.192. The van der Waals surface area contributed by atoms with E-state index in [1.165, 1.54) is 0 Å². The van der Waals surface area contributed by atoms with Crippen molar-refractivity contribution in [3.05, 3.63) is 0 Å². The second-order valence-corrected chi connectivity index (χ2v) is 8.03. The molecule has 15 heteroatoms. The van der Waals surface area contributed by atoms with Crippen molar-refractivity contribution >= 4 is 27.9 Å². The summed E-state index contributed by atoms with van der Waals surface area (Å²) in [6, 6.07) is 0. The number of unbranched alkanes of at least 4 members (excludes halogenated alkanes) is 1. The second kappa shape index (κ2) is 14.1. The number of hydroxylamine groups is 2. The van der Waals surface area contributed by atoms with Gasteiger partial charge in [-0.25, -0.2) is 28.2 Å². The van der Waals surface area contributed by atoms with Crippen LogP contribution in [0.15, 0.2) is 0 Å². The molecular formula is C15H26F3N3O8S. The Kier molecular flexibility index (Phi) is 13.2. The zero-order valence-electron chi connectivity index (χ0n) is 16.3. The van der Waals surface area contributed by atoms with E-state index in [0.29, 0.717) is 19.4 Å². The van der Waals surface area contributed by atoms with Crippen LogP contribution < -0.4 is 15.7 Å². The van der Waals surface area contributed by atoms with Gasteiger partial charge in [0, 0.05) is 19.5 Å². The number of halogens is 3. The summed E-state index contributed by atoms with van der Waals surface area (Å²) in [4.78, 5) is 41.5. The summed E-state index contributed by atoms with van der Waals surface area (Å²) in [6.45, 7) is 2.76. The second-order valence-electron chi connectivity index (χ2n) is 6.10. The molecule has 0 aromatic carbocycles. The van der Waals surface area contributed by atoms with Crippen LogP contribution in [0.5, 0.6) is 0 Å². The molecule has 0 spiro atoms. The largest absolute Gasteiger partial charge is 0.490 e. The van der Waals surface area contributed by atoms with Crippen molar-refractivity contribution in [3.8, 4) is 0 Å². The highest BCUT2D eigenvalue weighted by Crippen LogP contribution is 2.13. The van der Waals surface area contributed by atoms with Crippen molar-refractivity contribution in [3.63, 3.8) is 0 Å². The smallest absolute Gasteiger partial charge is 0.475 e. The van der Waals surface area contributed by atoms with Crippen molar-refractivity contribution in [1.82, 2.24) is 15.7 Å². The van der Waals surface area contributed by atoms with Gasteiger partial charge in [0.2, 0.25) is 10.0 Å². The first-order valence-corrected chi connectivity index (χ1v) is 10.7. The van der Waals surface area contributed by atoms with Crippen molar-refractivity contribution in [1.29, 1.82) is 0 Å². The van der Waals surface area contributed by atoms with Gasteiger partial charge in [-0.2, -0.15) is 18.7 Å². The maximum atomic E-state index is 11.5. The van der Waals surface area contributed by atoms with Crippen LogP contribution in [0.25, 0.3) is 0 Å². The first-order valence-electron chi connectivity index (χ1n) is 9.01. The van der Waals surface area contributed by atoms with E-state index in [0.717, 1.165) is 12.8 Å². The van der Waals surface area contributed by atoms with Gasteiger partial charge in [-0.3, -0.25) is 9.63 Å².